The summed E-state index contributed by atoms with van der Waals surface area (Å²) in [6.45, 7) is 2.56. The average molecular weight is 339 g/mol. The van der Waals surface area contributed by atoms with Gasteiger partial charge in [-0.1, -0.05) is 30.3 Å². The number of aromatic nitrogens is 2. The molecule has 0 spiro atoms. The fraction of sp³-hybridized carbons (Fsp3) is 0.450. The topological polar surface area (TPSA) is 55.2 Å². The van der Waals surface area contributed by atoms with Crippen LogP contribution in [0.1, 0.15) is 42.5 Å². The molecule has 3 rings (SSSR count). The van der Waals surface area contributed by atoms with E-state index < -0.39 is 0 Å². The first-order valence-electron chi connectivity index (χ1n) is 9.04. The Hall–Kier alpha value is -2.43. The Bertz CT molecular complexity index is 682. The van der Waals surface area contributed by atoms with E-state index in [1.807, 2.05) is 47.8 Å². The molecule has 0 unspecified atom stereocenters. The van der Waals surface area contributed by atoms with Crippen molar-refractivity contribution in [2.24, 2.45) is 5.92 Å². The number of carbonyl (C=O) groups is 2. The van der Waals surface area contributed by atoms with Crippen LogP contribution in [0, 0.1) is 5.92 Å². The van der Waals surface area contributed by atoms with Gasteiger partial charge in [-0.2, -0.15) is 0 Å². The number of rotatable bonds is 7. The third-order valence-corrected chi connectivity index (χ3v) is 4.79. The highest BCUT2D eigenvalue weighted by Crippen LogP contribution is 2.19. The largest absolute Gasteiger partial charge is 0.342 e. The van der Waals surface area contributed by atoms with Gasteiger partial charge in [-0.3, -0.25) is 9.59 Å². The van der Waals surface area contributed by atoms with Crippen LogP contribution in [0.3, 0.4) is 0 Å². The Morgan fingerprint density at radius 2 is 2.00 bits per heavy atom. The summed E-state index contributed by atoms with van der Waals surface area (Å²) in [5, 5.41) is 0. The van der Waals surface area contributed by atoms with Crippen LogP contribution in [-0.2, 0) is 11.3 Å². The molecule has 2 heterocycles. The summed E-state index contributed by atoms with van der Waals surface area (Å²) in [7, 11) is 0. The Balaban J connectivity index is 1.42. The molecule has 0 N–H and O–H groups in total. The van der Waals surface area contributed by atoms with Crippen molar-refractivity contribution in [3.05, 3.63) is 54.6 Å². The van der Waals surface area contributed by atoms with Gasteiger partial charge < -0.3 is 9.47 Å². The van der Waals surface area contributed by atoms with Crippen molar-refractivity contribution in [2.45, 2.75) is 38.6 Å². The predicted molar refractivity (Wildman–Crippen MR) is 96.2 cm³/mol. The van der Waals surface area contributed by atoms with Crippen molar-refractivity contribution >= 4 is 11.7 Å². The Morgan fingerprint density at radius 3 is 2.76 bits per heavy atom. The van der Waals surface area contributed by atoms with E-state index in [1.165, 1.54) is 0 Å². The molecule has 132 valence electrons. The van der Waals surface area contributed by atoms with Crippen LogP contribution in [0.15, 0.2) is 49.1 Å². The van der Waals surface area contributed by atoms with E-state index in [0.717, 1.165) is 38.0 Å². The minimum atomic E-state index is 0.116. The molecule has 0 aliphatic carbocycles. The van der Waals surface area contributed by atoms with E-state index >= 15 is 0 Å². The molecule has 0 radical (unpaired) electrons. The van der Waals surface area contributed by atoms with Crippen LogP contribution in [0.5, 0.6) is 0 Å². The van der Waals surface area contributed by atoms with Crippen LogP contribution in [0.4, 0.5) is 0 Å². The normalized spacial score (nSPS) is 17.4. The van der Waals surface area contributed by atoms with Gasteiger partial charge in [0.25, 0.3) is 0 Å². The standard InChI is InChI=1S/C20H25N3O2/c24-19(18-7-2-1-3-8-18)9-4-10-20(25)23-12-5-6-17(15-23)14-22-13-11-21-16-22/h1-3,7-8,11,13,16-17H,4-6,9-10,12,14-15H2/t17-/m1/s1. The molecule has 0 bridgehead atoms. The van der Waals surface area contributed by atoms with Gasteiger partial charge in [0, 0.05) is 50.4 Å². The van der Waals surface area contributed by atoms with Crippen LogP contribution >= 0.6 is 0 Å². The monoisotopic (exact) mass is 339 g/mol. The minimum Gasteiger partial charge on any atom is -0.342 e. The molecule has 0 saturated carbocycles. The van der Waals surface area contributed by atoms with Gasteiger partial charge in [0.1, 0.15) is 0 Å². The van der Waals surface area contributed by atoms with Crippen LogP contribution in [0.25, 0.3) is 0 Å². The quantitative estimate of drug-likeness (QED) is 0.728. The van der Waals surface area contributed by atoms with Crippen LogP contribution in [-0.4, -0.2) is 39.2 Å². The van der Waals surface area contributed by atoms with Crippen molar-refractivity contribution in [1.29, 1.82) is 0 Å². The second-order valence-electron chi connectivity index (χ2n) is 6.75. The minimum absolute atomic E-state index is 0.116. The highest BCUT2D eigenvalue weighted by atomic mass is 16.2. The van der Waals surface area contributed by atoms with Gasteiger partial charge in [-0.05, 0) is 25.2 Å². The lowest BCUT2D eigenvalue weighted by molar-refractivity contribution is -0.133. The number of imidazole rings is 1. The first-order chi connectivity index (χ1) is 12.2. The van der Waals surface area contributed by atoms with E-state index in [0.29, 0.717) is 25.2 Å². The molecule has 1 aliphatic heterocycles. The van der Waals surface area contributed by atoms with E-state index in [4.69, 9.17) is 0 Å². The molecule has 1 atom stereocenters. The molecule has 25 heavy (non-hydrogen) atoms. The number of hydrogen-bond donors (Lipinski definition) is 0. The van der Waals surface area contributed by atoms with Crippen molar-refractivity contribution in [3.63, 3.8) is 0 Å². The smallest absolute Gasteiger partial charge is 0.222 e. The van der Waals surface area contributed by atoms with Crippen molar-refractivity contribution in [2.75, 3.05) is 13.1 Å². The second kappa shape index (κ2) is 8.60. The number of likely N-dealkylation sites (tertiary alicyclic amines) is 1. The third kappa shape index (κ3) is 5.02. The summed E-state index contributed by atoms with van der Waals surface area (Å²) < 4.78 is 2.08. The number of benzene rings is 1. The maximum Gasteiger partial charge on any atom is 0.222 e. The summed E-state index contributed by atoms with van der Waals surface area (Å²) in [6.07, 6.45) is 9.29. The van der Waals surface area contributed by atoms with Crippen molar-refractivity contribution in [1.82, 2.24) is 14.5 Å². The molecule has 5 nitrogen and oxygen atoms in total. The summed E-state index contributed by atoms with van der Waals surface area (Å²) in [5.74, 6) is 0.777. The lowest BCUT2D eigenvalue weighted by Crippen LogP contribution is -2.41. The van der Waals surface area contributed by atoms with E-state index in [-0.39, 0.29) is 11.7 Å². The fourth-order valence-corrected chi connectivity index (χ4v) is 3.46. The van der Waals surface area contributed by atoms with Crippen molar-refractivity contribution in [3.8, 4) is 0 Å². The molecule has 5 heteroatoms. The van der Waals surface area contributed by atoms with Crippen LogP contribution < -0.4 is 0 Å². The van der Waals surface area contributed by atoms with Gasteiger partial charge in [-0.15, -0.1) is 0 Å². The van der Waals surface area contributed by atoms with E-state index in [9.17, 15) is 9.59 Å². The van der Waals surface area contributed by atoms with Gasteiger partial charge >= 0.3 is 0 Å². The van der Waals surface area contributed by atoms with E-state index in [1.54, 1.807) is 6.20 Å². The highest BCUT2D eigenvalue weighted by Gasteiger charge is 2.23. The molecular weight excluding hydrogens is 314 g/mol. The lowest BCUT2D eigenvalue weighted by Gasteiger charge is -2.33. The first kappa shape index (κ1) is 17.4. The maximum atomic E-state index is 12.5. The zero-order valence-corrected chi connectivity index (χ0v) is 14.5. The summed E-state index contributed by atoms with van der Waals surface area (Å²) in [4.78, 5) is 30.6. The zero-order valence-electron chi connectivity index (χ0n) is 14.5. The Morgan fingerprint density at radius 1 is 1.16 bits per heavy atom. The summed E-state index contributed by atoms with van der Waals surface area (Å²) >= 11 is 0. The molecule has 1 aromatic carbocycles. The van der Waals surface area contributed by atoms with Gasteiger partial charge in [0.15, 0.2) is 5.78 Å². The number of ketones is 1. The predicted octanol–water partition coefficient (Wildman–Crippen LogP) is 3.17. The lowest BCUT2D eigenvalue weighted by atomic mass is 9.97. The number of nitrogens with zero attached hydrogens (tertiary/aromatic N) is 3. The van der Waals surface area contributed by atoms with Gasteiger partial charge in [0.2, 0.25) is 5.91 Å². The summed E-state index contributed by atoms with van der Waals surface area (Å²) in [5.41, 5.74) is 0.730. The Kier molecular flexibility index (Phi) is 5.99. The second-order valence-corrected chi connectivity index (χ2v) is 6.75. The molecule has 2 aromatic rings. The van der Waals surface area contributed by atoms with Gasteiger partial charge in [-0.25, -0.2) is 4.98 Å². The van der Waals surface area contributed by atoms with Crippen LogP contribution in [0.2, 0.25) is 0 Å². The third-order valence-electron chi connectivity index (χ3n) is 4.79. The SMILES string of the molecule is O=C(CCCC(=O)N1CCC[C@H](Cn2ccnc2)C1)c1ccccc1. The molecular formula is C20H25N3O2. The highest BCUT2D eigenvalue weighted by molar-refractivity contribution is 5.96. The average Bonchev–Trinajstić information content (AvgIpc) is 3.15. The molecule has 1 saturated heterocycles. The van der Waals surface area contributed by atoms with E-state index in [2.05, 4.69) is 9.55 Å². The number of hydrogen-bond acceptors (Lipinski definition) is 3. The zero-order chi connectivity index (χ0) is 17.5. The molecule has 1 amide bonds. The first-order valence-corrected chi connectivity index (χ1v) is 9.04. The maximum absolute atomic E-state index is 12.5. The fourth-order valence-electron chi connectivity index (χ4n) is 3.46. The summed E-state index contributed by atoms with van der Waals surface area (Å²) in [6, 6.07) is 9.29. The number of carbonyl (C=O) groups excluding carboxylic acids is 2. The van der Waals surface area contributed by atoms with Crippen molar-refractivity contribution < 1.29 is 9.59 Å². The van der Waals surface area contributed by atoms with Gasteiger partial charge in [0.05, 0.1) is 6.33 Å². The molecule has 1 fully saturated rings. The number of Topliss-reactive ketones (excluding diaryl/α,β-unsaturated/α-hetero) is 1. The number of amides is 1. The number of piperidine rings is 1. The Labute approximate surface area is 148 Å². The molecule has 1 aliphatic rings. The molecule has 1 aromatic heterocycles.